The minimum atomic E-state index is -0.191. The maximum Gasteiger partial charge on any atom is 0.270 e. The van der Waals surface area contributed by atoms with Gasteiger partial charge in [-0.2, -0.15) is 0 Å². The lowest BCUT2D eigenvalue weighted by molar-refractivity contribution is 0.0663. The zero-order valence-electron chi connectivity index (χ0n) is 14.0. The van der Waals surface area contributed by atoms with E-state index >= 15 is 0 Å². The minimum Gasteiger partial charge on any atom is -0.350 e. The van der Waals surface area contributed by atoms with Crippen molar-refractivity contribution in [2.24, 2.45) is 5.92 Å². The van der Waals surface area contributed by atoms with Crippen molar-refractivity contribution in [3.05, 3.63) is 58.9 Å². The Labute approximate surface area is 150 Å². The van der Waals surface area contributed by atoms with Crippen molar-refractivity contribution in [2.45, 2.75) is 25.7 Å². The second-order valence-corrected chi connectivity index (χ2v) is 7.75. The summed E-state index contributed by atoms with van der Waals surface area (Å²) >= 11 is 1.65. The van der Waals surface area contributed by atoms with Gasteiger partial charge in [0, 0.05) is 13.1 Å². The van der Waals surface area contributed by atoms with Gasteiger partial charge in [0.05, 0.1) is 10.2 Å². The topological polar surface area (TPSA) is 36.1 Å². The van der Waals surface area contributed by atoms with E-state index in [9.17, 15) is 9.18 Å². The molecule has 130 valence electrons. The van der Waals surface area contributed by atoms with Crippen LogP contribution in [-0.4, -0.2) is 28.9 Å². The summed E-state index contributed by atoms with van der Waals surface area (Å²) in [4.78, 5) is 18.0. The molecule has 3 heterocycles. The van der Waals surface area contributed by atoms with Crippen molar-refractivity contribution >= 4 is 27.5 Å². The van der Waals surface area contributed by atoms with E-state index in [1.54, 1.807) is 11.3 Å². The van der Waals surface area contributed by atoms with Crippen LogP contribution in [0.15, 0.2) is 41.8 Å². The van der Waals surface area contributed by atoms with Gasteiger partial charge in [0.15, 0.2) is 0 Å². The number of thiophene rings is 1. The Morgan fingerprint density at radius 1 is 1.28 bits per heavy atom. The summed E-state index contributed by atoms with van der Waals surface area (Å²) in [5.41, 5.74) is 2.90. The zero-order chi connectivity index (χ0) is 17.2. The molecule has 0 spiro atoms. The molecule has 5 heteroatoms. The first-order valence-corrected chi connectivity index (χ1v) is 9.67. The molecule has 0 saturated carbocycles. The maximum atomic E-state index is 13.0. The number of amides is 1. The minimum absolute atomic E-state index is 0.106. The predicted molar refractivity (Wildman–Crippen MR) is 99.5 cm³/mol. The lowest BCUT2D eigenvalue weighted by Gasteiger charge is -2.32. The molecular weight excluding hydrogens is 335 g/mol. The third-order valence-corrected chi connectivity index (χ3v) is 5.89. The van der Waals surface area contributed by atoms with Gasteiger partial charge in [-0.05, 0) is 66.8 Å². The highest BCUT2D eigenvalue weighted by Crippen LogP contribution is 2.25. The number of halogens is 1. The van der Waals surface area contributed by atoms with E-state index in [2.05, 4.69) is 4.98 Å². The van der Waals surface area contributed by atoms with Gasteiger partial charge in [-0.1, -0.05) is 12.1 Å². The van der Waals surface area contributed by atoms with Crippen LogP contribution in [0.3, 0.4) is 0 Å². The van der Waals surface area contributed by atoms with Gasteiger partial charge in [-0.25, -0.2) is 4.39 Å². The van der Waals surface area contributed by atoms with Gasteiger partial charge in [0.25, 0.3) is 5.91 Å². The van der Waals surface area contributed by atoms with E-state index in [1.807, 2.05) is 34.5 Å². The summed E-state index contributed by atoms with van der Waals surface area (Å²) in [5, 5.41) is 2.03. The van der Waals surface area contributed by atoms with Gasteiger partial charge >= 0.3 is 0 Å². The molecule has 3 nitrogen and oxygen atoms in total. The Morgan fingerprint density at radius 2 is 2.12 bits per heavy atom. The van der Waals surface area contributed by atoms with Gasteiger partial charge in [-0.3, -0.25) is 4.79 Å². The van der Waals surface area contributed by atoms with E-state index in [4.69, 9.17) is 0 Å². The number of fused-ring (bicyclic) bond motifs is 1. The molecule has 1 fully saturated rings. The summed E-state index contributed by atoms with van der Waals surface area (Å²) in [6, 6.07) is 10.7. The van der Waals surface area contributed by atoms with Gasteiger partial charge < -0.3 is 9.88 Å². The van der Waals surface area contributed by atoms with Crippen molar-refractivity contribution in [3.8, 4) is 0 Å². The predicted octanol–water partition coefficient (Wildman–Crippen LogP) is 4.85. The van der Waals surface area contributed by atoms with Crippen LogP contribution in [0.4, 0.5) is 4.39 Å². The fourth-order valence-electron chi connectivity index (χ4n) is 3.64. The average Bonchev–Trinajstić information content (AvgIpc) is 3.23. The summed E-state index contributed by atoms with van der Waals surface area (Å²) in [7, 11) is 0. The SMILES string of the molecule is O=C(c1cc2sccc2[nH]1)N1CCC[C@@H](CCc2ccc(F)cc2)C1. The monoisotopic (exact) mass is 356 g/mol. The van der Waals surface area contributed by atoms with Crippen molar-refractivity contribution in [1.29, 1.82) is 0 Å². The maximum absolute atomic E-state index is 13.0. The van der Waals surface area contributed by atoms with Crippen LogP contribution in [0.2, 0.25) is 0 Å². The molecule has 0 aliphatic carbocycles. The number of carbonyl (C=O) groups is 1. The molecule has 1 aliphatic rings. The Hall–Kier alpha value is -2.14. The standard InChI is InChI=1S/C20H21FN2OS/c21-16-7-5-14(6-8-16)3-4-15-2-1-10-23(13-15)20(24)18-12-19-17(22-18)9-11-25-19/h5-9,11-12,15,22H,1-4,10,13H2/t15-/m0/s1. The van der Waals surface area contributed by atoms with Crippen molar-refractivity contribution in [1.82, 2.24) is 9.88 Å². The molecule has 3 aromatic rings. The van der Waals surface area contributed by atoms with Crippen LogP contribution < -0.4 is 0 Å². The van der Waals surface area contributed by atoms with Gasteiger partial charge in [0.1, 0.15) is 11.5 Å². The number of nitrogens with one attached hydrogen (secondary N) is 1. The quantitative estimate of drug-likeness (QED) is 0.712. The third kappa shape index (κ3) is 3.61. The smallest absolute Gasteiger partial charge is 0.270 e. The summed E-state index contributed by atoms with van der Waals surface area (Å²) in [6.45, 7) is 1.64. The number of aryl methyl sites for hydroxylation is 1. The molecule has 1 atom stereocenters. The van der Waals surface area contributed by atoms with E-state index in [0.717, 1.165) is 54.6 Å². The van der Waals surface area contributed by atoms with Crippen molar-refractivity contribution < 1.29 is 9.18 Å². The summed E-state index contributed by atoms with van der Waals surface area (Å²) in [5.74, 6) is 0.428. The van der Waals surface area contributed by atoms with Crippen LogP contribution in [0.1, 0.15) is 35.3 Å². The fourth-order valence-corrected chi connectivity index (χ4v) is 4.42. The lowest BCUT2D eigenvalue weighted by atomic mass is 9.91. The van der Waals surface area contributed by atoms with Crippen molar-refractivity contribution in [2.75, 3.05) is 13.1 Å². The van der Waals surface area contributed by atoms with E-state index in [1.165, 1.54) is 12.1 Å². The Balaban J connectivity index is 1.37. The number of rotatable bonds is 4. The number of piperidine rings is 1. The number of nitrogens with zero attached hydrogens (tertiary/aromatic N) is 1. The first kappa shape index (κ1) is 16.3. The number of hydrogen-bond acceptors (Lipinski definition) is 2. The van der Waals surface area contributed by atoms with Gasteiger partial charge in [0.2, 0.25) is 0 Å². The molecule has 25 heavy (non-hydrogen) atoms. The Bertz CT molecular complexity index is 839. The molecular formula is C20H21FN2OS. The molecule has 4 rings (SSSR count). The Kier molecular flexibility index (Phi) is 4.57. The second-order valence-electron chi connectivity index (χ2n) is 6.81. The molecule has 0 unspecified atom stereocenters. The first-order valence-electron chi connectivity index (χ1n) is 8.79. The summed E-state index contributed by atoms with van der Waals surface area (Å²) in [6.07, 6.45) is 4.18. The van der Waals surface area contributed by atoms with E-state index in [0.29, 0.717) is 11.6 Å². The lowest BCUT2D eigenvalue weighted by Crippen LogP contribution is -2.40. The number of H-pyrrole nitrogens is 1. The number of carbonyl (C=O) groups excluding carboxylic acids is 1. The van der Waals surface area contributed by atoms with Crippen LogP contribution >= 0.6 is 11.3 Å². The largest absolute Gasteiger partial charge is 0.350 e. The Morgan fingerprint density at radius 3 is 2.92 bits per heavy atom. The van der Waals surface area contributed by atoms with Crippen molar-refractivity contribution in [3.63, 3.8) is 0 Å². The van der Waals surface area contributed by atoms with Crippen LogP contribution in [0.25, 0.3) is 10.2 Å². The number of aromatic amines is 1. The summed E-state index contributed by atoms with van der Waals surface area (Å²) < 4.78 is 14.1. The van der Waals surface area contributed by atoms with Crippen LogP contribution in [0, 0.1) is 11.7 Å². The average molecular weight is 356 g/mol. The highest BCUT2D eigenvalue weighted by atomic mass is 32.1. The molecule has 0 radical (unpaired) electrons. The highest BCUT2D eigenvalue weighted by molar-refractivity contribution is 7.17. The van der Waals surface area contributed by atoms with E-state index in [-0.39, 0.29) is 11.7 Å². The first-order chi connectivity index (χ1) is 12.2. The van der Waals surface area contributed by atoms with Crippen LogP contribution in [-0.2, 0) is 6.42 Å². The molecule has 1 amide bonds. The van der Waals surface area contributed by atoms with Gasteiger partial charge in [-0.15, -0.1) is 11.3 Å². The highest BCUT2D eigenvalue weighted by Gasteiger charge is 2.25. The third-order valence-electron chi connectivity index (χ3n) is 5.03. The molecule has 1 N–H and O–H groups in total. The normalized spacial score (nSPS) is 18.0. The second kappa shape index (κ2) is 7.00. The fraction of sp³-hybridized carbons (Fsp3) is 0.350. The molecule has 2 aromatic heterocycles. The number of benzene rings is 1. The number of likely N-dealkylation sites (tertiary alicyclic amines) is 1. The molecule has 1 aliphatic heterocycles. The molecule has 1 saturated heterocycles. The molecule has 1 aromatic carbocycles. The molecule has 0 bridgehead atoms. The van der Waals surface area contributed by atoms with E-state index < -0.39 is 0 Å². The number of hydrogen-bond donors (Lipinski definition) is 1. The number of aromatic nitrogens is 1. The van der Waals surface area contributed by atoms with Crippen LogP contribution in [0.5, 0.6) is 0 Å². The zero-order valence-corrected chi connectivity index (χ0v) is 14.8.